The Hall–Kier alpha value is -4.41. The van der Waals surface area contributed by atoms with Crippen LogP contribution in [-0.2, 0) is 41.7 Å². The Morgan fingerprint density at radius 2 is 1.35 bits per heavy atom. The molecule has 0 bridgehead atoms. The molecule has 11 nitrogen and oxygen atoms in total. The molecule has 11 heteroatoms. The number of hydrogen-bond acceptors (Lipinski definition) is 7. The first kappa shape index (κ1) is 31.8. The molecule has 0 saturated carbocycles. The van der Waals surface area contributed by atoms with E-state index >= 15 is 0 Å². The zero-order chi connectivity index (χ0) is 29.5. The van der Waals surface area contributed by atoms with Crippen LogP contribution in [0, 0.1) is 5.92 Å². The van der Waals surface area contributed by atoms with Crippen LogP contribution in [0.25, 0.3) is 0 Å². The summed E-state index contributed by atoms with van der Waals surface area (Å²) in [7, 11) is 1.24. The van der Waals surface area contributed by atoms with Crippen molar-refractivity contribution in [2.45, 2.75) is 58.3 Å². The number of carbonyl (C=O) groups is 5. The molecule has 0 heterocycles. The first-order valence-corrected chi connectivity index (χ1v) is 13.1. The highest BCUT2D eigenvalue weighted by Crippen LogP contribution is 2.08. The fourth-order valence-electron chi connectivity index (χ4n) is 3.74. The summed E-state index contributed by atoms with van der Waals surface area (Å²) in [6.07, 6.45) is -0.273. The van der Waals surface area contributed by atoms with E-state index in [-0.39, 0.29) is 18.9 Å². The molecule has 3 atom stereocenters. The lowest BCUT2D eigenvalue weighted by Crippen LogP contribution is -2.56. The van der Waals surface area contributed by atoms with Gasteiger partial charge in [-0.1, -0.05) is 74.5 Å². The molecule has 0 fully saturated rings. The Kier molecular flexibility index (Phi) is 13.1. The minimum atomic E-state index is -1.04. The van der Waals surface area contributed by atoms with E-state index in [1.807, 2.05) is 38.1 Å². The lowest BCUT2D eigenvalue weighted by Gasteiger charge is -2.23. The summed E-state index contributed by atoms with van der Waals surface area (Å²) in [6, 6.07) is 15.2. The van der Waals surface area contributed by atoms with Gasteiger partial charge < -0.3 is 30.7 Å². The normalized spacial score (nSPS) is 12.8. The number of benzene rings is 2. The lowest BCUT2D eigenvalue weighted by atomic mass is 10.0. The van der Waals surface area contributed by atoms with Gasteiger partial charge in [0.2, 0.25) is 17.7 Å². The first-order valence-electron chi connectivity index (χ1n) is 13.1. The molecule has 0 unspecified atom stereocenters. The van der Waals surface area contributed by atoms with Crippen LogP contribution in [0.3, 0.4) is 0 Å². The van der Waals surface area contributed by atoms with Crippen molar-refractivity contribution in [3.05, 3.63) is 71.8 Å². The van der Waals surface area contributed by atoms with Crippen molar-refractivity contribution in [3.63, 3.8) is 0 Å². The van der Waals surface area contributed by atoms with Crippen molar-refractivity contribution in [2.24, 2.45) is 5.92 Å². The molecule has 2 aromatic rings. The number of amides is 4. The van der Waals surface area contributed by atoms with Crippen LogP contribution in [0.2, 0.25) is 0 Å². The average Bonchev–Trinajstić information content (AvgIpc) is 2.94. The molecule has 2 rings (SSSR count). The molecule has 2 aromatic carbocycles. The minimum Gasteiger partial charge on any atom is -0.467 e. The van der Waals surface area contributed by atoms with Gasteiger partial charge in [0, 0.05) is 6.42 Å². The van der Waals surface area contributed by atoms with Gasteiger partial charge in [0.05, 0.1) is 7.11 Å². The van der Waals surface area contributed by atoms with Crippen LogP contribution < -0.4 is 21.3 Å². The summed E-state index contributed by atoms with van der Waals surface area (Å²) in [5.74, 6) is -2.26. The quantitative estimate of drug-likeness (QED) is 0.260. The number of hydrogen-bond donors (Lipinski definition) is 4. The number of nitrogens with one attached hydrogen (secondary N) is 4. The van der Waals surface area contributed by atoms with Crippen LogP contribution in [0.4, 0.5) is 4.79 Å². The molecule has 0 aliphatic heterocycles. The highest BCUT2D eigenvalue weighted by Gasteiger charge is 2.28. The van der Waals surface area contributed by atoms with E-state index in [0.29, 0.717) is 6.42 Å². The molecule has 40 heavy (non-hydrogen) atoms. The third-order valence-corrected chi connectivity index (χ3v) is 5.80. The fourth-order valence-corrected chi connectivity index (χ4v) is 3.74. The Labute approximate surface area is 234 Å². The monoisotopic (exact) mass is 554 g/mol. The highest BCUT2D eigenvalue weighted by molar-refractivity contribution is 5.94. The van der Waals surface area contributed by atoms with Crippen LogP contribution >= 0.6 is 0 Å². The van der Waals surface area contributed by atoms with E-state index in [1.165, 1.54) is 14.0 Å². The Morgan fingerprint density at radius 1 is 0.750 bits per heavy atom. The first-order chi connectivity index (χ1) is 19.1. The standard InChI is InChI=1S/C29H38N4O7/c1-19(2)15-24(28(37)39-4)33-26(35)20(3)31-27(36)23(16-21-11-7-5-8-12-21)32-25(34)17-30-29(38)40-18-22-13-9-6-10-14-22/h5-14,19-20,23-24H,15-18H2,1-4H3,(H,30,38)(H,31,36)(H,32,34)(H,33,35)/t20-,23-,24-/m0/s1. The van der Waals surface area contributed by atoms with Crippen LogP contribution in [0.5, 0.6) is 0 Å². The van der Waals surface area contributed by atoms with Gasteiger partial charge in [0.15, 0.2) is 0 Å². The van der Waals surface area contributed by atoms with Gasteiger partial charge >= 0.3 is 12.1 Å². The second-order valence-corrected chi connectivity index (χ2v) is 9.67. The maximum Gasteiger partial charge on any atom is 0.407 e. The molecule has 0 aliphatic carbocycles. The zero-order valence-electron chi connectivity index (χ0n) is 23.3. The van der Waals surface area contributed by atoms with Gasteiger partial charge in [0.1, 0.15) is 31.3 Å². The molecule has 0 saturated heterocycles. The van der Waals surface area contributed by atoms with E-state index in [1.54, 1.807) is 36.4 Å². The highest BCUT2D eigenvalue weighted by atomic mass is 16.5. The largest absolute Gasteiger partial charge is 0.467 e. The number of carbonyl (C=O) groups excluding carboxylic acids is 5. The predicted molar refractivity (Wildman–Crippen MR) is 148 cm³/mol. The second kappa shape index (κ2) is 16.5. The zero-order valence-corrected chi connectivity index (χ0v) is 23.3. The van der Waals surface area contributed by atoms with Crippen LogP contribution in [0.15, 0.2) is 60.7 Å². The maximum absolute atomic E-state index is 13.1. The molecule has 216 valence electrons. The van der Waals surface area contributed by atoms with Crippen molar-refractivity contribution >= 4 is 29.8 Å². The average molecular weight is 555 g/mol. The minimum absolute atomic E-state index is 0.0429. The molecule has 0 aliphatic rings. The second-order valence-electron chi connectivity index (χ2n) is 9.67. The van der Waals surface area contributed by atoms with Crippen molar-refractivity contribution < 1.29 is 33.4 Å². The summed E-state index contributed by atoms with van der Waals surface area (Å²) in [5.41, 5.74) is 1.57. The predicted octanol–water partition coefficient (Wildman–Crippen LogP) is 1.85. The van der Waals surface area contributed by atoms with E-state index in [2.05, 4.69) is 21.3 Å². The summed E-state index contributed by atoms with van der Waals surface area (Å²) in [4.78, 5) is 62.6. The summed E-state index contributed by atoms with van der Waals surface area (Å²) >= 11 is 0. The number of esters is 1. The van der Waals surface area contributed by atoms with E-state index in [4.69, 9.17) is 9.47 Å². The van der Waals surface area contributed by atoms with Crippen molar-refractivity contribution in [3.8, 4) is 0 Å². The number of rotatable bonds is 14. The Balaban J connectivity index is 1.97. The lowest BCUT2D eigenvalue weighted by molar-refractivity contribution is -0.145. The maximum atomic E-state index is 13.1. The number of ether oxygens (including phenoxy) is 2. The van der Waals surface area contributed by atoms with E-state index in [0.717, 1.165) is 11.1 Å². The van der Waals surface area contributed by atoms with Gasteiger partial charge in [0.25, 0.3) is 0 Å². The van der Waals surface area contributed by atoms with Gasteiger partial charge in [-0.25, -0.2) is 9.59 Å². The summed E-state index contributed by atoms with van der Waals surface area (Å²) in [6.45, 7) is 4.91. The SMILES string of the molecule is COC(=O)[C@H](CC(C)C)NC(=O)[C@H](C)NC(=O)[C@H](Cc1ccccc1)NC(=O)CNC(=O)OCc1ccccc1. The molecule has 0 radical (unpaired) electrons. The van der Waals surface area contributed by atoms with Crippen LogP contribution in [0.1, 0.15) is 38.3 Å². The molecule has 0 aromatic heterocycles. The summed E-state index contributed by atoms with van der Waals surface area (Å²) < 4.78 is 9.87. The number of methoxy groups -OCH3 is 1. The van der Waals surface area contributed by atoms with Crippen molar-refractivity contribution in [1.82, 2.24) is 21.3 Å². The van der Waals surface area contributed by atoms with Crippen molar-refractivity contribution in [2.75, 3.05) is 13.7 Å². The van der Waals surface area contributed by atoms with E-state index in [9.17, 15) is 24.0 Å². The Morgan fingerprint density at radius 3 is 1.93 bits per heavy atom. The third-order valence-electron chi connectivity index (χ3n) is 5.80. The fraction of sp³-hybridized carbons (Fsp3) is 0.414. The van der Waals surface area contributed by atoms with Gasteiger partial charge in [-0.3, -0.25) is 14.4 Å². The van der Waals surface area contributed by atoms with E-state index < -0.39 is 54.5 Å². The smallest absolute Gasteiger partial charge is 0.407 e. The van der Waals surface area contributed by atoms with Gasteiger partial charge in [-0.2, -0.15) is 0 Å². The topological polar surface area (TPSA) is 152 Å². The molecular weight excluding hydrogens is 516 g/mol. The third kappa shape index (κ3) is 11.5. The van der Waals surface area contributed by atoms with Crippen LogP contribution in [-0.4, -0.2) is 61.6 Å². The van der Waals surface area contributed by atoms with Gasteiger partial charge in [-0.15, -0.1) is 0 Å². The molecule has 4 amide bonds. The number of alkyl carbamates (subject to hydrolysis) is 1. The molecule has 4 N–H and O–H groups in total. The van der Waals surface area contributed by atoms with Gasteiger partial charge in [-0.05, 0) is 30.4 Å². The molecular formula is C29H38N4O7. The molecule has 0 spiro atoms. The van der Waals surface area contributed by atoms with Crippen molar-refractivity contribution in [1.29, 1.82) is 0 Å². The Bertz CT molecular complexity index is 1130. The summed E-state index contributed by atoms with van der Waals surface area (Å²) in [5, 5.41) is 10.2.